The van der Waals surface area contributed by atoms with E-state index in [1.165, 1.54) is 17.7 Å². The van der Waals surface area contributed by atoms with Gasteiger partial charge in [-0.25, -0.2) is 9.97 Å². The van der Waals surface area contributed by atoms with Crippen LogP contribution in [0.25, 0.3) is 20.7 Å². The van der Waals surface area contributed by atoms with Crippen LogP contribution in [0.1, 0.15) is 18.1 Å². The lowest BCUT2D eigenvalue weighted by Gasteiger charge is -2.08. The Kier molecular flexibility index (Phi) is 6.12. The molecule has 0 bridgehead atoms. The Morgan fingerprint density at radius 2 is 1.93 bits per heavy atom. The maximum absolute atomic E-state index is 9.82. The molecule has 30 heavy (non-hydrogen) atoms. The minimum absolute atomic E-state index is 0.440. The summed E-state index contributed by atoms with van der Waals surface area (Å²) < 4.78 is 7.50. The van der Waals surface area contributed by atoms with Crippen LogP contribution >= 0.6 is 27.3 Å². The number of para-hydroxylation sites is 1. The average Bonchev–Trinajstić information content (AvgIpc) is 3.15. The second kappa shape index (κ2) is 9.11. The number of azo groups is 1. The first-order valence-corrected chi connectivity index (χ1v) is 10.8. The van der Waals surface area contributed by atoms with Gasteiger partial charge in [0.2, 0.25) is 0 Å². The first-order valence-electron chi connectivity index (χ1n) is 9.23. The smallest absolute Gasteiger partial charge is 0.195 e. The normalized spacial score (nSPS) is 11.1. The number of hydrogen-bond acceptors (Lipinski definition) is 7. The van der Waals surface area contributed by atoms with Crippen molar-refractivity contribution in [3.63, 3.8) is 0 Å². The lowest BCUT2D eigenvalue weighted by molar-refractivity contribution is 0.341. The van der Waals surface area contributed by atoms with Gasteiger partial charge in [-0.1, -0.05) is 40.2 Å². The third-order valence-corrected chi connectivity index (χ3v) is 6.07. The van der Waals surface area contributed by atoms with Crippen molar-refractivity contribution in [3.05, 3.63) is 70.5 Å². The summed E-state index contributed by atoms with van der Waals surface area (Å²) in [4.78, 5) is 9.42. The monoisotopic (exact) mass is 477 g/mol. The van der Waals surface area contributed by atoms with E-state index in [0.717, 1.165) is 30.9 Å². The summed E-state index contributed by atoms with van der Waals surface area (Å²) in [5.41, 5.74) is 2.98. The third-order valence-electron chi connectivity index (χ3n) is 4.33. The molecule has 0 unspecified atom stereocenters. The van der Waals surface area contributed by atoms with E-state index in [4.69, 9.17) is 4.74 Å². The standard InChI is InChI=1S/C22H16BrN5OS/c1-2-29-18-6-4-3-5-16(18)20-17(11-24)19-21(30-20)22(26-13-25-19)28-27-12-14-7-9-15(23)10-8-14/h3-10,13H,2,12H2,1H3. The zero-order valence-electron chi connectivity index (χ0n) is 16.0. The molecule has 0 saturated carbocycles. The molecule has 4 rings (SSSR count). The molecule has 0 aliphatic rings. The van der Waals surface area contributed by atoms with Gasteiger partial charge in [0.15, 0.2) is 5.82 Å². The molecular weight excluding hydrogens is 462 g/mol. The van der Waals surface area contributed by atoms with Crippen LogP contribution in [0.15, 0.2) is 69.6 Å². The van der Waals surface area contributed by atoms with E-state index in [2.05, 4.69) is 42.2 Å². The lowest BCUT2D eigenvalue weighted by Crippen LogP contribution is -1.93. The summed E-state index contributed by atoms with van der Waals surface area (Å²) in [6, 6.07) is 17.9. The topological polar surface area (TPSA) is 83.5 Å². The molecule has 0 radical (unpaired) electrons. The van der Waals surface area contributed by atoms with Crippen molar-refractivity contribution in [2.75, 3.05) is 6.61 Å². The SMILES string of the molecule is CCOc1ccccc1-c1sc2c(N=NCc3ccc(Br)cc3)ncnc2c1C#N. The highest BCUT2D eigenvalue weighted by atomic mass is 79.9. The number of nitrogens with zero attached hydrogens (tertiary/aromatic N) is 5. The molecule has 0 aliphatic carbocycles. The molecule has 4 aromatic rings. The van der Waals surface area contributed by atoms with Crippen molar-refractivity contribution in [1.29, 1.82) is 5.26 Å². The molecule has 2 aromatic carbocycles. The number of thiophene rings is 1. The highest BCUT2D eigenvalue weighted by Crippen LogP contribution is 2.43. The van der Waals surface area contributed by atoms with Crippen LogP contribution in [-0.2, 0) is 6.54 Å². The fourth-order valence-electron chi connectivity index (χ4n) is 2.97. The molecule has 2 heterocycles. The quantitative estimate of drug-likeness (QED) is 0.290. The highest BCUT2D eigenvalue weighted by Gasteiger charge is 2.20. The molecule has 2 aromatic heterocycles. The average molecular weight is 478 g/mol. The Morgan fingerprint density at radius 3 is 2.70 bits per heavy atom. The van der Waals surface area contributed by atoms with Crippen molar-refractivity contribution in [2.24, 2.45) is 10.2 Å². The van der Waals surface area contributed by atoms with Crippen molar-refractivity contribution in [3.8, 4) is 22.3 Å². The molecule has 0 saturated heterocycles. The second-order valence-electron chi connectivity index (χ2n) is 6.25. The van der Waals surface area contributed by atoms with Crippen molar-refractivity contribution >= 4 is 43.3 Å². The zero-order chi connectivity index (χ0) is 20.9. The molecule has 0 aliphatic heterocycles. The summed E-state index contributed by atoms with van der Waals surface area (Å²) in [6.07, 6.45) is 1.42. The molecule has 0 fully saturated rings. The summed E-state index contributed by atoms with van der Waals surface area (Å²) in [7, 11) is 0. The number of fused-ring (bicyclic) bond motifs is 1. The van der Waals surface area contributed by atoms with Crippen LogP contribution in [0.2, 0.25) is 0 Å². The molecular formula is C22H16BrN5OS. The van der Waals surface area contributed by atoms with Crippen molar-refractivity contribution in [2.45, 2.75) is 13.5 Å². The molecule has 0 amide bonds. The van der Waals surface area contributed by atoms with Gasteiger partial charge in [-0.05, 0) is 36.8 Å². The summed E-state index contributed by atoms with van der Waals surface area (Å²) in [5, 5.41) is 18.4. The predicted molar refractivity (Wildman–Crippen MR) is 121 cm³/mol. The van der Waals surface area contributed by atoms with E-state index in [1.807, 2.05) is 55.5 Å². The predicted octanol–water partition coefficient (Wildman–Crippen LogP) is 6.68. The number of benzene rings is 2. The molecule has 0 spiro atoms. The number of rotatable bonds is 6. The van der Waals surface area contributed by atoms with Gasteiger partial charge >= 0.3 is 0 Å². The van der Waals surface area contributed by atoms with Gasteiger partial charge in [-0.3, -0.25) is 0 Å². The Morgan fingerprint density at radius 1 is 1.13 bits per heavy atom. The van der Waals surface area contributed by atoms with Gasteiger partial charge in [0.05, 0.1) is 23.6 Å². The maximum atomic E-state index is 9.82. The number of halogens is 1. The number of ether oxygens (including phenoxy) is 1. The Labute approximate surface area is 186 Å². The second-order valence-corrected chi connectivity index (χ2v) is 8.18. The van der Waals surface area contributed by atoms with Crippen LogP contribution in [0.5, 0.6) is 5.75 Å². The van der Waals surface area contributed by atoms with E-state index < -0.39 is 0 Å². The fourth-order valence-corrected chi connectivity index (χ4v) is 4.40. The minimum Gasteiger partial charge on any atom is -0.493 e. The van der Waals surface area contributed by atoms with Crippen LogP contribution in [-0.4, -0.2) is 16.6 Å². The molecule has 148 valence electrons. The number of hydrogen-bond donors (Lipinski definition) is 0. The third kappa shape index (κ3) is 4.08. The minimum atomic E-state index is 0.440. The molecule has 8 heteroatoms. The van der Waals surface area contributed by atoms with Crippen molar-refractivity contribution in [1.82, 2.24) is 9.97 Å². The van der Waals surface area contributed by atoms with Gasteiger partial charge in [0.25, 0.3) is 0 Å². The summed E-state index contributed by atoms with van der Waals surface area (Å²) in [5.74, 6) is 1.19. The van der Waals surface area contributed by atoms with Gasteiger partial charge in [-0.2, -0.15) is 10.4 Å². The maximum Gasteiger partial charge on any atom is 0.195 e. The zero-order valence-corrected chi connectivity index (χ0v) is 18.4. The van der Waals surface area contributed by atoms with E-state index >= 15 is 0 Å². The van der Waals surface area contributed by atoms with Crippen LogP contribution in [0.4, 0.5) is 5.82 Å². The van der Waals surface area contributed by atoms with Crippen LogP contribution in [0.3, 0.4) is 0 Å². The summed E-state index contributed by atoms with van der Waals surface area (Å²) in [6.45, 7) is 2.91. The first kappa shape index (κ1) is 20.1. The van der Waals surface area contributed by atoms with Crippen LogP contribution in [0, 0.1) is 11.3 Å². The van der Waals surface area contributed by atoms with Gasteiger partial charge < -0.3 is 4.74 Å². The van der Waals surface area contributed by atoms with E-state index in [9.17, 15) is 5.26 Å². The van der Waals surface area contributed by atoms with E-state index in [-0.39, 0.29) is 0 Å². The highest BCUT2D eigenvalue weighted by molar-refractivity contribution is 9.10. The Bertz CT molecular complexity index is 1260. The largest absolute Gasteiger partial charge is 0.493 e. The number of aromatic nitrogens is 2. The first-order chi connectivity index (χ1) is 14.7. The van der Waals surface area contributed by atoms with E-state index in [1.54, 1.807) is 0 Å². The lowest BCUT2D eigenvalue weighted by atomic mass is 10.1. The summed E-state index contributed by atoms with van der Waals surface area (Å²) >= 11 is 4.85. The Balaban J connectivity index is 1.74. The van der Waals surface area contributed by atoms with Gasteiger partial charge in [-0.15, -0.1) is 16.5 Å². The number of nitriles is 1. The molecule has 6 nitrogen and oxygen atoms in total. The fraction of sp³-hybridized carbons (Fsp3) is 0.136. The molecule has 0 atom stereocenters. The van der Waals surface area contributed by atoms with Crippen molar-refractivity contribution < 1.29 is 4.74 Å². The molecule has 0 N–H and O–H groups in total. The van der Waals surface area contributed by atoms with Crippen LogP contribution < -0.4 is 4.74 Å². The van der Waals surface area contributed by atoms with E-state index in [0.29, 0.717) is 30.0 Å². The Hall–Kier alpha value is -3.15. The van der Waals surface area contributed by atoms with Gasteiger partial charge in [0.1, 0.15) is 28.4 Å². The van der Waals surface area contributed by atoms with Gasteiger partial charge in [0, 0.05) is 10.0 Å².